The molecule has 0 saturated heterocycles. The van der Waals surface area contributed by atoms with Gasteiger partial charge in [-0.25, -0.2) is 4.79 Å². The van der Waals surface area contributed by atoms with Crippen LogP contribution in [-0.2, 0) is 4.74 Å². The van der Waals surface area contributed by atoms with Gasteiger partial charge in [0.15, 0.2) is 0 Å². The van der Waals surface area contributed by atoms with Crippen LogP contribution in [0.15, 0.2) is 24.3 Å². The molecule has 0 aliphatic carbocycles. The number of rotatable bonds is 11. The molecule has 0 saturated carbocycles. The molecule has 0 bridgehead atoms. The smallest absolute Gasteiger partial charge is 0.338 e. The Kier molecular flexibility index (Phi) is 8.90. The molecule has 0 amide bonds. The second-order valence-electron chi connectivity index (χ2n) is 5.56. The molecule has 0 unspecified atom stereocenters. The Labute approximate surface area is 137 Å². The highest BCUT2D eigenvalue weighted by Crippen LogP contribution is 2.13. The summed E-state index contributed by atoms with van der Waals surface area (Å²) in [4.78, 5) is 21.9. The second kappa shape index (κ2) is 10.7. The van der Waals surface area contributed by atoms with Gasteiger partial charge in [-0.15, -0.1) is 0 Å². The number of benzene rings is 1. The van der Waals surface area contributed by atoms with Gasteiger partial charge in [0.2, 0.25) is 0 Å². The molecule has 1 atom stereocenters. The molecule has 1 aromatic rings. The van der Waals surface area contributed by atoms with Crippen LogP contribution in [0.1, 0.15) is 49.9 Å². The molecule has 1 rings (SSSR count). The van der Waals surface area contributed by atoms with E-state index in [9.17, 15) is 14.9 Å². The quantitative estimate of drug-likeness (QED) is 0.291. The number of nitro groups is 1. The topological polar surface area (TPSA) is 81.5 Å². The number of ether oxygens (including phenoxy) is 1. The Balaban J connectivity index is 2.24. The second-order valence-corrected chi connectivity index (χ2v) is 5.56. The van der Waals surface area contributed by atoms with Crippen LogP contribution >= 0.6 is 0 Å². The highest BCUT2D eigenvalue weighted by atomic mass is 16.6. The molecule has 6 nitrogen and oxygen atoms in total. The van der Waals surface area contributed by atoms with E-state index < -0.39 is 10.9 Å². The zero-order chi connectivity index (χ0) is 17.1. The van der Waals surface area contributed by atoms with E-state index in [4.69, 9.17) is 4.74 Å². The Hall–Kier alpha value is -1.95. The van der Waals surface area contributed by atoms with E-state index in [1.54, 1.807) is 0 Å². The maximum absolute atomic E-state index is 11.8. The highest BCUT2D eigenvalue weighted by Gasteiger charge is 2.10. The molecule has 6 heteroatoms. The third-order valence-electron chi connectivity index (χ3n) is 3.80. The number of carbonyl (C=O) groups excluding carboxylic acids is 1. The largest absolute Gasteiger partial charge is 0.461 e. The van der Waals surface area contributed by atoms with Gasteiger partial charge in [0.05, 0.1) is 10.5 Å². The molecule has 23 heavy (non-hydrogen) atoms. The Bertz CT molecular complexity index is 488. The van der Waals surface area contributed by atoms with Crippen molar-refractivity contribution in [2.75, 3.05) is 19.7 Å². The number of non-ortho nitro benzene ring substituents is 1. The summed E-state index contributed by atoms with van der Waals surface area (Å²) in [6.45, 7) is 6.22. The summed E-state index contributed by atoms with van der Waals surface area (Å²) in [5.41, 5.74) is 0.283. The number of hydrogen-bond acceptors (Lipinski definition) is 5. The van der Waals surface area contributed by atoms with Crippen LogP contribution in [0, 0.1) is 16.0 Å². The molecule has 1 N–H and O–H groups in total. The van der Waals surface area contributed by atoms with Gasteiger partial charge in [-0.1, -0.05) is 33.1 Å². The fraction of sp³-hybridized carbons (Fsp3) is 0.588. The summed E-state index contributed by atoms with van der Waals surface area (Å²) >= 11 is 0. The molecule has 0 heterocycles. The number of nitro benzene ring substituents is 1. The first-order valence-electron chi connectivity index (χ1n) is 8.20. The van der Waals surface area contributed by atoms with Crippen molar-refractivity contribution in [2.24, 2.45) is 5.92 Å². The average molecular weight is 322 g/mol. The first kappa shape index (κ1) is 19.1. The van der Waals surface area contributed by atoms with Crippen LogP contribution in [0.5, 0.6) is 0 Å². The standard InChI is InChI=1S/C17H26N2O4/c1-3-5-6-14(4-2)13-18-11-12-23-17(20)15-7-9-16(10-8-15)19(21)22/h7-10,14,18H,3-6,11-13H2,1-2H3/t14-/m1/s1. The zero-order valence-corrected chi connectivity index (χ0v) is 13.9. The average Bonchev–Trinajstić information content (AvgIpc) is 2.57. The minimum absolute atomic E-state index is 0.0408. The van der Waals surface area contributed by atoms with Gasteiger partial charge in [-0.2, -0.15) is 0 Å². The van der Waals surface area contributed by atoms with Gasteiger partial charge >= 0.3 is 5.97 Å². The molecule has 0 aliphatic heterocycles. The Morgan fingerprint density at radius 1 is 1.30 bits per heavy atom. The van der Waals surface area contributed by atoms with Crippen LogP contribution in [-0.4, -0.2) is 30.6 Å². The third-order valence-corrected chi connectivity index (χ3v) is 3.80. The minimum Gasteiger partial charge on any atom is -0.461 e. The number of nitrogens with zero attached hydrogens (tertiary/aromatic N) is 1. The van der Waals surface area contributed by atoms with Crippen molar-refractivity contribution in [3.05, 3.63) is 39.9 Å². The van der Waals surface area contributed by atoms with E-state index in [1.165, 1.54) is 43.5 Å². The van der Waals surface area contributed by atoms with Crippen LogP contribution in [0.4, 0.5) is 5.69 Å². The van der Waals surface area contributed by atoms with Crippen LogP contribution in [0.25, 0.3) is 0 Å². The Morgan fingerprint density at radius 2 is 2.00 bits per heavy atom. The van der Waals surface area contributed by atoms with Crippen molar-refractivity contribution >= 4 is 11.7 Å². The van der Waals surface area contributed by atoms with Crippen molar-refractivity contribution in [1.29, 1.82) is 0 Å². The van der Waals surface area contributed by atoms with E-state index in [0.29, 0.717) is 24.6 Å². The molecule has 0 fully saturated rings. The molecule has 128 valence electrons. The third kappa shape index (κ3) is 7.23. The number of esters is 1. The fourth-order valence-electron chi connectivity index (χ4n) is 2.27. The molecule has 0 radical (unpaired) electrons. The maximum atomic E-state index is 11.8. The van der Waals surface area contributed by atoms with E-state index in [-0.39, 0.29) is 5.69 Å². The van der Waals surface area contributed by atoms with Crippen molar-refractivity contribution in [2.45, 2.75) is 39.5 Å². The van der Waals surface area contributed by atoms with Gasteiger partial charge < -0.3 is 10.1 Å². The van der Waals surface area contributed by atoms with Gasteiger partial charge in [0, 0.05) is 18.7 Å². The Morgan fingerprint density at radius 3 is 2.57 bits per heavy atom. The summed E-state index contributed by atoms with van der Waals surface area (Å²) in [6.07, 6.45) is 4.83. The molecule has 0 aromatic heterocycles. The van der Waals surface area contributed by atoms with Crippen LogP contribution in [0.2, 0.25) is 0 Å². The first-order chi connectivity index (χ1) is 11.1. The maximum Gasteiger partial charge on any atom is 0.338 e. The predicted molar refractivity (Wildman–Crippen MR) is 89.6 cm³/mol. The number of hydrogen-bond donors (Lipinski definition) is 1. The van der Waals surface area contributed by atoms with Crippen molar-refractivity contribution in [1.82, 2.24) is 5.32 Å². The molecule has 0 spiro atoms. The van der Waals surface area contributed by atoms with Gasteiger partial charge in [0.1, 0.15) is 6.61 Å². The zero-order valence-electron chi connectivity index (χ0n) is 13.9. The van der Waals surface area contributed by atoms with Crippen LogP contribution < -0.4 is 5.32 Å². The summed E-state index contributed by atoms with van der Waals surface area (Å²) in [5.74, 6) is 0.208. The number of unbranched alkanes of at least 4 members (excludes halogenated alkanes) is 1. The molecule has 1 aromatic carbocycles. The molecular formula is C17H26N2O4. The normalized spacial score (nSPS) is 11.9. The van der Waals surface area contributed by atoms with Gasteiger partial charge in [0.25, 0.3) is 5.69 Å². The SMILES string of the molecule is CCCC[C@@H](CC)CNCCOC(=O)c1ccc([N+](=O)[O-])cc1. The summed E-state index contributed by atoms with van der Waals surface area (Å²) in [5, 5.41) is 13.9. The lowest BCUT2D eigenvalue weighted by atomic mass is 9.99. The van der Waals surface area contributed by atoms with Crippen molar-refractivity contribution in [3.8, 4) is 0 Å². The lowest BCUT2D eigenvalue weighted by Gasteiger charge is -2.15. The van der Waals surface area contributed by atoms with E-state index in [1.807, 2.05) is 0 Å². The van der Waals surface area contributed by atoms with E-state index >= 15 is 0 Å². The fourth-order valence-corrected chi connectivity index (χ4v) is 2.27. The van der Waals surface area contributed by atoms with Crippen molar-refractivity contribution < 1.29 is 14.5 Å². The van der Waals surface area contributed by atoms with Gasteiger partial charge in [-0.05, 0) is 31.0 Å². The minimum atomic E-state index is -0.498. The monoisotopic (exact) mass is 322 g/mol. The first-order valence-corrected chi connectivity index (χ1v) is 8.20. The molecular weight excluding hydrogens is 296 g/mol. The number of carbonyl (C=O) groups is 1. The summed E-state index contributed by atoms with van der Waals surface area (Å²) in [7, 11) is 0. The summed E-state index contributed by atoms with van der Waals surface area (Å²) in [6, 6.07) is 5.42. The van der Waals surface area contributed by atoms with E-state index in [2.05, 4.69) is 19.2 Å². The highest BCUT2D eigenvalue weighted by molar-refractivity contribution is 5.89. The summed E-state index contributed by atoms with van der Waals surface area (Å²) < 4.78 is 5.15. The van der Waals surface area contributed by atoms with Gasteiger partial charge in [-0.3, -0.25) is 10.1 Å². The predicted octanol–water partition coefficient (Wildman–Crippen LogP) is 3.56. The molecule has 0 aliphatic rings. The lowest BCUT2D eigenvalue weighted by molar-refractivity contribution is -0.384. The van der Waals surface area contributed by atoms with E-state index in [0.717, 1.165) is 13.0 Å². The van der Waals surface area contributed by atoms with Crippen molar-refractivity contribution in [3.63, 3.8) is 0 Å². The lowest BCUT2D eigenvalue weighted by Crippen LogP contribution is -2.27. The van der Waals surface area contributed by atoms with Crippen LogP contribution in [0.3, 0.4) is 0 Å². The number of nitrogens with one attached hydrogen (secondary N) is 1.